The van der Waals surface area contributed by atoms with Crippen LogP contribution >= 0.6 is 0 Å². The number of carbonyl (C=O) groups excluding carboxylic acids is 2. The maximum Gasteiger partial charge on any atom is 0.248 e. The second-order valence-electron chi connectivity index (χ2n) is 8.35. The molecule has 0 spiro atoms. The summed E-state index contributed by atoms with van der Waals surface area (Å²) < 4.78 is 18.7. The molecule has 3 aromatic rings. The van der Waals surface area contributed by atoms with Crippen LogP contribution in [0.4, 0.5) is 4.39 Å². The molecule has 1 amide bonds. The molecule has 1 saturated heterocycles. The van der Waals surface area contributed by atoms with Crippen molar-refractivity contribution in [3.05, 3.63) is 95.8 Å². The van der Waals surface area contributed by atoms with Gasteiger partial charge in [-0.1, -0.05) is 42.5 Å². The van der Waals surface area contributed by atoms with Crippen molar-refractivity contribution < 1.29 is 23.8 Å². The van der Waals surface area contributed by atoms with E-state index in [-0.39, 0.29) is 23.9 Å². The molecule has 0 radical (unpaired) electrons. The zero-order valence-electron chi connectivity index (χ0n) is 18.2. The minimum Gasteiger partial charge on any atom is -0.457 e. The molecule has 1 heterocycles. The van der Waals surface area contributed by atoms with E-state index >= 15 is 0 Å². The van der Waals surface area contributed by atoms with Gasteiger partial charge in [0.15, 0.2) is 5.78 Å². The van der Waals surface area contributed by atoms with Crippen LogP contribution in [0.15, 0.2) is 78.9 Å². The molecular formula is C27H26FNO4. The summed E-state index contributed by atoms with van der Waals surface area (Å²) in [4.78, 5) is 26.9. The molecular weight excluding hydrogens is 421 g/mol. The first-order valence-electron chi connectivity index (χ1n) is 11.0. The lowest BCUT2D eigenvalue weighted by Gasteiger charge is -2.23. The molecule has 6 heteroatoms. The summed E-state index contributed by atoms with van der Waals surface area (Å²) in [6.45, 7) is -0.133. The van der Waals surface area contributed by atoms with Crippen LogP contribution in [0.25, 0.3) is 0 Å². The highest BCUT2D eigenvalue weighted by atomic mass is 19.1. The SMILES string of the molecule is O=C(Cc1ccc(Oc2ccc(F)cc2)cc1)[C@@H]1C[C@@H](Cc2ccccc2)CN1C(=O)CO. The van der Waals surface area contributed by atoms with Gasteiger partial charge in [-0.2, -0.15) is 0 Å². The largest absolute Gasteiger partial charge is 0.457 e. The Balaban J connectivity index is 1.40. The summed E-state index contributed by atoms with van der Waals surface area (Å²) in [5, 5.41) is 9.39. The average molecular weight is 448 g/mol. The molecule has 1 N–H and O–H groups in total. The molecule has 1 aliphatic rings. The number of carbonyl (C=O) groups is 2. The van der Waals surface area contributed by atoms with E-state index in [1.165, 1.54) is 22.6 Å². The van der Waals surface area contributed by atoms with Gasteiger partial charge in [0.05, 0.1) is 6.04 Å². The number of amides is 1. The molecule has 5 nitrogen and oxygen atoms in total. The zero-order chi connectivity index (χ0) is 23.2. The van der Waals surface area contributed by atoms with Crippen LogP contribution in [0, 0.1) is 11.7 Å². The van der Waals surface area contributed by atoms with Crippen molar-refractivity contribution in [2.24, 2.45) is 5.92 Å². The number of ether oxygens (including phenoxy) is 1. The number of halogens is 1. The first-order chi connectivity index (χ1) is 16.0. The predicted molar refractivity (Wildman–Crippen MR) is 122 cm³/mol. The Kier molecular flexibility index (Phi) is 7.15. The van der Waals surface area contributed by atoms with Crippen LogP contribution in [0.2, 0.25) is 0 Å². The first-order valence-corrected chi connectivity index (χ1v) is 11.0. The van der Waals surface area contributed by atoms with Crippen molar-refractivity contribution >= 4 is 11.7 Å². The van der Waals surface area contributed by atoms with E-state index in [0.717, 1.165) is 12.0 Å². The van der Waals surface area contributed by atoms with Crippen LogP contribution in [-0.2, 0) is 22.4 Å². The van der Waals surface area contributed by atoms with E-state index < -0.39 is 18.6 Å². The Labute approximate surface area is 192 Å². The summed E-state index contributed by atoms with van der Waals surface area (Å²) in [5.41, 5.74) is 1.98. The Hall–Kier alpha value is -3.51. The van der Waals surface area contributed by atoms with Gasteiger partial charge in [0.25, 0.3) is 0 Å². The van der Waals surface area contributed by atoms with Crippen molar-refractivity contribution in [3.8, 4) is 11.5 Å². The lowest BCUT2D eigenvalue weighted by molar-refractivity contribution is -0.139. The van der Waals surface area contributed by atoms with Crippen LogP contribution in [0.5, 0.6) is 11.5 Å². The molecule has 170 valence electrons. The third kappa shape index (κ3) is 5.84. The van der Waals surface area contributed by atoms with Crippen molar-refractivity contribution in [1.29, 1.82) is 0 Å². The Bertz CT molecular complexity index is 1080. The zero-order valence-corrected chi connectivity index (χ0v) is 18.2. The minimum atomic E-state index is -0.600. The van der Waals surface area contributed by atoms with Crippen LogP contribution in [0.3, 0.4) is 0 Å². The molecule has 0 unspecified atom stereocenters. The number of hydrogen-bond acceptors (Lipinski definition) is 4. The van der Waals surface area contributed by atoms with Crippen molar-refractivity contribution in [1.82, 2.24) is 4.90 Å². The van der Waals surface area contributed by atoms with Crippen LogP contribution in [0.1, 0.15) is 17.5 Å². The molecule has 0 bridgehead atoms. The summed E-state index contributed by atoms with van der Waals surface area (Å²) >= 11 is 0. The average Bonchev–Trinajstić information content (AvgIpc) is 3.26. The molecule has 1 fully saturated rings. The van der Waals surface area contributed by atoms with E-state index in [4.69, 9.17) is 4.74 Å². The van der Waals surface area contributed by atoms with Gasteiger partial charge in [-0.15, -0.1) is 0 Å². The summed E-state index contributed by atoms with van der Waals surface area (Å²) in [7, 11) is 0. The number of rotatable bonds is 8. The van der Waals surface area contributed by atoms with Crippen molar-refractivity contribution in [2.75, 3.05) is 13.2 Å². The Morgan fingerprint density at radius 1 is 0.909 bits per heavy atom. The van der Waals surface area contributed by atoms with Crippen molar-refractivity contribution in [3.63, 3.8) is 0 Å². The molecule has 0 saturated carbocycles. The monoisotopic (exact) mass is 447 g/mol. The van der Waals surface area contributed by atoms with Gasteiger partial charge in [-0.05, 0) is 66.3 Å². The number of nitrogens with zero attached hydrogens (tertiary/aromatic N) is 1. The highest BCUT2D eigenvalue weighted by molar-refractivity contribution is 5.91. The van der Waals surface area contributed by atoms with Gasteiger partial charge in [-0.25, -0.2) is 4.39 Å². The normalized spacial score (nSPS) is 17.7. The van der Waals surface area contributed by atoms with E-state index in [1.54, 1.807) is 24.3 Å². The molecule has 3 aromatic carbocycles. The van der Waals surface area contributed by atoms with Crippen LogP contribution < -0.4 is 4.74 Å². The van der Waals surface area contributed by atoms with E-state index in [1.807, 2.05) is 42.5 Å². The highest BCUT2D eigenvalue weighted by Crippen LogP contribution is 2.28. The summed E-state index contributed by atoms with van der Waals surface area (Å²) in [6.07, 6.45) is 1.56. The molecule has 33 heavy (non-hydrogen) atoms. The number of ketones is 1. The topological polar surface area (TPSA) is 66.8 Å². The highest BCUT2D eigenvalue weighted by Gasteiger charge is 2.38. The molecule has 0 aromatic heterocycles. The smallest absolute Gasteiger partial charge is 0.248 e. The fourth-order valence-corrected chi connectivity index (χ4v) is 4.32. The summed E-state index contributed by atoms with van der Waals surface area (Å²) in [6, 6.07) is 22.4. The number of benzene rings is 3. The van der Waals surface area contributed by atoms with Gasteiger partial charge in [-0.3, -0.25) is 9.59 Å². The number of aliphatic hydroxyl groups excluding tert-OH is 1. The molecule has 4 rings (SSSR count). The third-order valence-corrected chi connectivity index (χ3v) is 5.93. The number of hydrogen-bond donors (Lipinski definition) is 1. The van der Waals surface area contributed by atoms with Gasteiger partial charge in [0.2, 0.25) is 5.91 Å². The Morgan fingerprint density at radius 2 is 1.55 bits per heavy atom. The second-order valence-corrected chi connectivity index (χ2v) is 8.35. The van der Waals surface area contributed by atoms with Gasteiger partial charge < -0.3 is 14.7 Å². The fourth-order valence-electron chi connectivity index (χ4n) is 4.32. The van der Waals surface area contributed by atoms with Gasteiger partial charge in [0, 0.05) is 13.0 Å². The molecule has 1 aliphatic heterocycles. The third-order valence-electron chi connectivity index (χ3n) is 5.93. The van der Waals surface area contributed by atoms with E-state index in [9.17, 15) is 19.1 Å². The van der Waals surface area contributed by atoms with Crippen LogP contribution in [-0.4, -0.2) is 40.9 Å². The number of likely N-dealkylation sites (tertiary alicyclic amines) is 1. The molecule has 0 aliphatic carbocycles. The first kappa shape index (κ1) is 22.7. The fraction of sp³-hybridized carbons (Fsp3) is 0.259. The lowest BCUT2D eigenvalue weighted by Crippen LogP contribution is -2.42. The maximum absolute atomic E-state index is 13.1. The standard InChI is InChI=1S/C27H26FNO4/c28-22-8-12-24(13-9-22)33-23-10-6-20(7-11-23)16-26(31)25-15-21(17-29(25)27(32)18-30)14-19-4-2-1-3-5-19/h1-13,21,25,30H,14-18H2/t21-,25+/m1/s1. The quantitative estimate of drug-likeness (QED) is 0.563. The van der Waals surface area contributed by atoms with Gasteiger partial charge >= 0.3 is 0 Å². The predicted octanol–water partition coefficient (Wildman–Crippen LogP) is 4.18. The number of Topliss-reactive ketones (excluding diaryl/α,β-unsaturated/α-hetero) is 1. The van der Waals surface area contributed by atoms with E-state index in [0.29, 0.717) is 24.5 Å². The summed E-state index contributed by atoms with van der Waals surface area (Å²) in [5.74, 6) is 0.491. The Morgan fingerprint density at radius 3 is 2.18 bits per heavy atom. The van der Waals surface area contributed by atoms with E-state index in [2.05, 4.69) is 0 Å². The minimum absolute atomic E-state index is 0.0421. The van der Waals surface area contributed by atoms with Crippen molar-refractivity contribution in [2.45, 2.75) is 25.3 Å². The number of aliphatic hydroxyl groups is 1. The molecule has 2 atom stereocenters. The second kappa shape index (κ2) is 10.4. The maximum atomic E-state index is 13.1. The van der Waals surface area contributed by atoms with Gasteiger partial charge in [0.1, 0.15) is 23.9 Å². The lowest BCUT2D eigenvalue weighted by atomic mass is 9.94.